The molecule has 3 rings (SSSR count). The number of aromatic nitrogens is 1. The van der Waals surface area contributed by atoms with Crippen LogP contribution in [0.25, 0.3) is 10.8 Å². The van der Waals surface area contributed by atoms with Crippen LogP contribution in [0.5, 0.6) is 0 Å². The van der Waals surface area contributed by atoms with Gasteiger partial charge >= 0.3 is 6.09 Å². The number of carbonyl (C=O) groups excluding carboxylic acids is 2. The molecule has 1 N–H and O–H groups in total. The molecule has 1 heterocycles. The van der Waals surface area contributed by atoms with Gasteiger partial charge in [-0.25, -0.2) is 4.79 Å². The van der Waals surface area contributed by atoms with Crippen LogP contribution in [0.15, 0.2) is 67.0 Å². The van der Waals surface area contributed by atoms with E-state index in [0.29, 0.717) is 18.9 Å². The van der Waals surface area contributed by atoms with Crippen LogP contribution in [0.4, 0.5) is 10.5 Å². The smallest absolute Gasteiger partial charge is 0.410 e. The number of carbonyl (C=O) groups is 2. The summed E-state index contributed by atoms with van der Waals surface area (Å²) in [4.78, 5) is 32.6. The first kappa shape index (κ1) is 35.9. The van der Waals surface area contributed by atoms with E-state index in [2.05, 4.69) is 14.5 Å². The average Bonchev–Trinajstić information content (AvgIpc) is 2.98. The van der Waals surface area contributed by atoms with E-state index in [4.69, 9.17) is 18.9 Å². The fourth-order valence-corrected chi connectivity index (χ4v) is 4.55. The topological polar surface area (TPSA) is 143 Å². The number of nitrogens with one attached hydrogen (secondary N) is 1. The normalized spacial score (nSPS) is 12.5. The molecule has 0 unspecified atom stereocenters. The van der Waals surface area contributed by atoms with Crippen molar-refractivity contribution < 1.29 is 41.1 Å². The Morgan fingerprint density at radius 2 is 1.51 bits per heavy atom. The predicted octanol–water partition coefficient (Wildman–Crippen LogP) is 4.22. The first-order valence-corrected chi connectivity index (χ1v) is 16.5. The Bertz CT molecular complexity index is 1460. The molecule has 0 bridgehead atoms. The van der Waals surface area contributed by atoms with Crippen LogP contribution in [0.3, 0.4) is 0 Å². The molecule has 1 aromatic heterocycles. The van der Waals surface area contributed by atoms with Gasteiger partial charge in [-0.1, -0.05) is 36.4 Å². The second-order valence-electron chi connectivity index (χ2n) is 11.2. The molecular formula is C32H43N3O9S. The third-order valence-corrected chi connectivity index (χ3v) is 6.85. The maximum atomic E-state index is 13.7. The highest BCUT2D eigenvalue weighted by molar-refractivity contribution is 7.85. The Kier molecular flexibility index (Phi) is 14.2. The summed E-state index contributed by atoms with van der Waals surface area (Å²) in [6.45, 7) is 7.06. The zero-order chi connectivity index (χ0) is 32.7. The van der Waals surface area contributed by atoms with Crippen LogP contribution in [0, 0.1) is 0 Å². The summed E-state index contributed by atoms with van der Waals surface area (Å²) in [5.74, 6) is -0.944. The number of benzene rings is 2. The number of pyridine rings is 1. The van der Waals surface area contributed by atoms with Gasteiger partial charge in [-0.2, -0.15) is 8.42 Å². The molecule has 45 heavy (non-hydrogen) atoms. The van der Waals surface area contributed by atoms with Crippen LogP contribution in [-0.2, 0) is 38.0 Å². The highest BCUT2D eigenvalue weighted by Crippen LogP contribution is 2.23. The zero-order valence-corrected chi connectivity index (χ0v) is 27.1. The van der Waals surface area contributed by atoms with Crippen molar-refractivity contribution in [3.05, 3.63) is 72.6 Å². The molecule has 0 aliphatic carbocycles. The molecule has 0 spiro atoms. The number of anilines is 1. The van der Waals surface area contributed by atoms with Crippen molar-refractivity contribution in [3.63, 3.8) is 0 Å². The van der Waals surface area contributed by atoms with Gasteiger partial charge in [0.25, 0.3) is 10.1 Å². The Balaban J connectivity index is 1.56. The summed E-state index contributed by atoms with van der Waals surface area (Å²) in [5, 5.41) is 4.92. The Morgan fingerprint density at radius 1 is 0.867 bits per heavy atom. The SMILES string of the molecule is CC(C)(C)OC(=O)N(CCOCCOCCOCCOS(C)(=O)=O)C[C@@H](C(=O)Nc1ccc2cnccc2c1)c1ccccc1. The van der Waals surface area contributed by atoms with Crippen molar-refractivity contribution in [2.75, 3.05) is 70.9 Å². The summed E-state index contributed by atoms with van der Waals surface area (Å²) in [7, 11) is -3.48. The zero-order valence-electron chi connectivity index (χ0n) is 26.3. The highest BCUT2D eigenvalue weighted by atomic mass is 32.2. The minimum Gasteiger partial charge on any atom is -0.444 e. The number of hydrogen-bond acceptors (Lipinski definition) is 10. The van der Waals surface area contributed by atoms with Gasteiger partial charge in [-0.05, 0) is 49.9 Å². The highest BCUT2D eigenvalue weighted by Gasteiger charge is 2.29. The molecule has 0 fully saturated rings. The molecule has 0 aliphatic heterocycles. The summed E-state index contributed by atoms with van der Waals surface area (Å²) in [5.41, 5.74) is 0.667. The third kappa shape index (κ3) is 13.9. The lowest BCUT2D eigenvalue weighted by atomic mass is 9.97. The molecule has 0 saturated carbocycles. The Labute approximate surface area is 265 Å². The number of ether oxygens (including phenoxy) is 4. The van der Waals surface area contributed by atoms with Crippen LogP contribution in [0.1, 0.15) is 32.3 Å². The fourth-order valence-electron chi connectivity index (χ4n) is 4.18. The largest absolute Gasteiger partial charge is 0.444 e. The van der Waals surface area contributed by atoms with Crippen LogP contribution in [0.2, 0.25) is 0 Å². The molecule has 1 atom stereocenters. The molecule has 0 aliphatic rings. The van der Waals surface area contributed by atoms with E-state index in [1.165, 1.54) is 4.90 Å². The Morgan fingerprint density at radius 3 is 2.16 bits per heavy atom. The molecule has 0 radical (unpaired) electrons. The quantitative estimate of drug-likeness (QED) is 0.158. The number of hydrogen-bond donors (Lipinski definition) is 1. The van der Waals surface area contributed by atoms with E-state index >= 15 is 0 Å². The molecule has 246 valence electrons. The number of nitrogens with zero attached hydrogens (tertiary/aromatic N) is 2. The summed E-state index contributed by atoms with van der Waals surface area (Å²) in [6.07, 6.45) is 3.89. The van der Waals surface area contributed by atoms with Gasteiger partial charge in [-0.15, -0.1) is 0 Å². The van der Waals surface area contributed by atoms with Gasteiger partial charge in [0.15, 0.2) is 0 Å². The lowest BCUT2D eigenvalue weighted by molar-refractivity contribution is -0.118. The van der Waals surface area contributed by atoms with Crippen molar-refractivity contribution in [2.45, 2.75) is 32.3 Å². The molecule has 3 aromatic rings. The van der Waals surface area contributed by atoms with Crippen LogP contribution >= 0.6 is 0 Å². The van der Waals surface area contributed by atoms with Crippen molar-refractivity contribution >= 4 is 38.6 Å². The van der Waals surface area contributed by atoms with Gasteiger partial charge in [0.2, 0.25) is 5.91 Å². The third-order valence-electron chi connectivity index (χ3n) is 6.26. The number of fused-ring (bicyclic) bond motifs is 1. The minimum atomic E-state index is -3.48. The van der Waals surface area contributed by atoms with E-state index in [9.17, 15) is 18.0 Å². The maximum absolute atomic E-state index is 13.7. The monoisotopic (exact) mass is 645 g/mol. The second-order valence-corrected chi connectivity index (χ2v) is 12.8. The van der Waals surface area contributed by atoms with E-state index in [1.807, 2.05) is 54.6 Å². The molecular weight excluding hydrogens is 602 g/mol. The number of rotatable bonds is 18. The molecule has 13 heteroatoms. The van der Waals surface area contributed by atoms with E-state index in [1.54, 1.807) is 33.2 Å². The lowest BCUT2D eigenvalue weighted by Crippen LogP contribution is -2.43. The van der Waals surface area contributed by atoms with E-state index in [0.717, 1.165) is 22.6 Å². The van der Waals surface area contributed by atoms with Gasteiger partial charge < -0.3 is 29.2 Å². The van der Waals surface area contributed by atoms with E-state index < -0.39 is 27.7 Å². The predicted molar refractivity (Wildman–Crippen MR) is 171 cm³/mol. The standard InChI is InChI=1S/C32H43N3O9S/c1-32(2,3)44-31(37)35(14-15-40-16-17-41-18-19-42-20-21-43-45(4,38)39)24-29(25-8-6-5-7-9-25)30(36)34-28-11-10-27-23-33-13-12-26(27)22-28/h5-13,22-23,29H,14-21,24H2,1-4H3,(H,34,36)/t29-/m1/s1. The number of amides is 2. The minimum absolute atomic E-state index is 0.0514. The van der Waals surface area contributed by atoms with Gasteiger partial charge in [0, 0.05) is 36.6 Å². The average molecular weight is 646 g/mol. The van der Waals surface area contributed by atoms with Crippen molar-refractivity contribution in [1.29, 1.82) is 0 Å². The molecule has 2 amide bonds. The Hall–Kier alpha value is -3.62. The first-order chi connectivity index (χ1) is 21.4. The van der Waals surface area contributed by atoms with Crippen LogP contribution in [-0.4, -0.2) is 101 Å². The van der Waals surface area contributed by atoms with Crippen molar-refractivity contribution in [3.8, 4) is 0 Å². The molecule has 0 saturated heterocycles. The fraction of sp³-hybridized carbons (Fsp3) is 0.469. The van der Waals surface area contributed by atoms with Crippen LogP contribution < -0.4 is 5.32 Å². The van der Waals surface area contributed by atoms with Gasteiger partial charge in [-0.3, -0.25) is 14.0 Å². The molecule has 2 aromatic carbocycles. The van der Waals surface area contributed by atoms with E-state index in [-0.39, 0.29) is 52.0 Å². The van der Waals surface area contributed by atoms with Crippen molar-refractivity contribution in [1.82, 2.24) is 9.88 Å². The maximum Gasteiger partial charge on any atom is 0.410 e. The lowest BCUT2D eigenvalue weighted by Gasteiger charge is -2.30. The molecule has 12 nitrogen and oxygen atoms in total. The second kappa shape index (κ2) is 17.8. The summed E-state index contributed by atoms with van der Waals surface area (Å²) in [6, 6.07) is 16.8. The summed E-state index contributed by atoms with van der Waals surface area (Å²) >= 11 is 0. The first-order valence-electron chi connectivity index (χ1n) is 14.7. The van der Waals surface area contributed by atoms with Gasteiger partial charge in [0.1, 0.15) is 5.60 Å². The van der Waals surface area contributed by atoms with Crippen molar-refractivity contribution in [2.24, 2.45) is 0 Å². The summed E-state index contributed by atoms with van der Waals surface area (Å²) < 4.78 is 48.5. The van der Waals surface area contributed by atoms with Gasteiger partial charge in [0.05, 0.1) is 58.4 Å².